The first-order valence-corrected chi connectivity index (χ1v) is 9.53. The lowest BCUT2D eigenvalue weighted by atomic mass is 9.85. The van der Waals surface area contributed by atoms with Crippen LogP contribution < -0.4 is 0 Å². The SMILES string of the molecule is CC(C)(C)OC(=O)N1CCC(C(F)(F)C(O)c2cc(Cl)cc3cn[nH]c23)CC1. The average molecular weight is 416 g/mol. The predicted molar refractivity (Wildman–Crippen MR) is 102 cm³/mol. The second-order valence-corrected chi connectivity index (χ2v) is 8.58. The number of carbonyl (C=O) groups is 1. The van der Waals surface area contributed by atoms with Gasteiger partial charge < -0.3 is 14.7 Å². The Morgan fingerprint density at radius 2 is 2.00 bits per heavy atom. The van der Waals surface area contributed by atoms with E-state index in [2.05, 4.69) is 10.2 Å². The maximum absolute atomic E-state index is 15.1. The van der Waals surface area contributed by atoms with Crippen LogP contribution in [0.5, 0.6) is 0 Å². The van der Waals surface area contributed by atoms with Crippen molar-refractivity contribution in [1.29, 1.82) is 0 Å². The van der Waals surface area contributed by atoms with Gasteiger partial charge in [0.1, 0.15) is 11.7 Å². The number of aromatic amines is 1. The molecule has 1 fully saturated rings. The molecule has 28 heavy (non-hydrogen) atoms. The Bertz CT molecular complexity index is 858. The number of amides is 1. The van der Waals surface area contributed by atoms with Gasteiger partial charge in [0.05, 0.1) is 11.7 Å². The monoisotopic (exact) mass is 415 g/mol. The van der Waals surface area contributed by atoms with E-state index in [9.17, 15) is 9.90 Å². The van der Waals surface area contributed by atoms with Crippen LogP contribution in [0.1, 0.15) is 45.3 Å². The number of nitrogens with zero attached hydrogens (tertiary/aromatic N) is 2. The molecule has 0 aliphatic carbocycles. The van der Waals surface area contributed by atoms with Crippen molar-refractivity contribution in [3.05, 3.63) is 28.9 Å². The van der Waals surface area contributed by atoms with Crippen molar-refractivity contribution in [3.8, 4) is 0 Å². The number of hydrogen-bond acceptors (Lipinski definition) is 4. The highest BCUT2D eigenvalue weighted by molar-refractivity contribution is 6.31. The highest BCUT2D eigenvalue weighted by Gasteiger charge is 2.49. The van der Waals surface area contributed by atoms with Gasteiger partial charge in [-0.1, -0.05) is 11.6 Å². The molecule has 1 aromatic carbocycles. The van der Waals surface area contributed by atoms with Gasteiger partial charge in [0.25, 0.3) is 5.92 Å². The van der Waals surface area contributed by atoms with E-state index in [1.165, 1.54) is 17.2 Å². The third-order valence-electron chi connectivity index (χ3n) is 4.89. The zero-order valence-corrected chi connectivity index (χ0v) is 16.8. The second-order valence-electron chi connectivity index (χ2n) is 8.15. The van der Waals surface area contributed by atoms with Crippen LogP contribution in [0.15, 0.2) is 18.3 Å². The molecule has 1 amide bonds. The van der Waals surface area contributed by atoms with E-state index >= 15 is 8.78 Å². The summed E-state index contributed by atoms with van der Waals surface area (Å²) in [6.45, 7) is 5.56. The fraction of sp³-hybridized carbons (Fsp3) is 0.579. The van der Waals surface area contributed by atoms with Crippen LogP contribution in [0.4, 0.5) is 13.6 Å². The standard InChI is InChI=1S/C19H24ClF2N3O3/c1-18(2,3)28-17(27)25-6-4-12(5-7-25)19(21,22)16(26)14-9-13(20)8-11-10-23-24-15(11)14/h8-10,12,16,26H,4-7H2,1-3H3,(H,23,24). The largest absolute Gasteiger partial charge is 0.444 e. The van der Waals surface area contributed by atoms with Crippen molar-refractivity contribution in [1.82, 2.24) is 15.1 Å². The smallest absolute Gasteiger partial charge is 0.410 e. The molecule has 0 spiro atoms. The summed E-state index contributed by atoms with van der Waals surface area (Å²) in [5.74, 6) is -4.46. The number of aliphatic hydroxyl groups is 1. The Kier molecular flexibility index (Phi) is 5.55. The number of hydrogen-bond donors (Lipinski definition) is 2. The van der Waals surface area contributed by atoms with Gasteiger partial charge in [-0.3, -0.25) is 5.10 Å². The number of H-pyrrole nitrogens is 1. The normalized spacial score (nSPS) is 17.8. The van der Waals surface area contributed by atoms with E-state index in [0.29, 0.717) is 10.9 Å². The number of nitrogens with one attached hydrogen (secondary N) is 1. The van der Waals surface area contributed by atoms with Crippen LogP contribution in [0.3, 0.4) is 0 Å². The molecule has 1 saturated heterocycles. The van der Waals surface area contributed by atoms with Crippen LogP contribution in [-0.2, 0) is 4.74 Å². The summed E-state index contributed by atoms with van der Waals surface area (Å²) in [5.41, 5.74) is -0.293. The van der Waals surface area contributed by atoms with Gasteiger partial charge in [0, 0.05) is 35.0 Å². The number of fused-ring (bicyclic) bond motifs is 1. The molecule has 0 saturated carbocycles. The third kappa shape index (κ3) is 4.22. The van der Waals surface area contributed by atoms with E-state index in [4.69, 9.17) is 16.3 Å². The molecule has 154 valence electrons. The van der Waals surface area contributed by atoms with Crippen LogP contribution >= 0.6 is 11.6 Å². The number of halogens is 3. The van der Waals surface area contributed by atoms with Crippen LogP contribution in [0, 0.1) is 5.92 Å². The number of carbonyl (C=O) groups excluding carboxylic acids is 1. The van der Waals surface area contributed by atoms with E-state index < -0.39 is 29.6 Å². The Balaban J connectivity index is 1.73. The van der Waals surface area contributed by atoms with E-state index in [1.807, 2.05) is 0 Å². The zero-order valence-electron chi connectivity index (χ0n) is 16.0. The van der Waals surface area contributed by atoms with Crippen LogP contribution in [-0.4, -0.2) is 50.9 Å². The first-order chi connectivity index (χ1) is 13.0. The second kappa shape index (κ2) is 7.48. The van der Waals surface area contributed by atoms with Gasteiger partial charge in [-0.15, -0.1) is 0 Å². The quantitative estimate of drug-likeness (QED) is 0.771. The molecule has 0 radical (unpaired) electrons. The lowest BCUT2D eigenvalue weighted by Crippen LogP contribution is -2.46. The number of likely N-dealkylation sites (tertiary alicyclic amines) is 1. The van der Waals surface area contributed by atoms with E-state index in [-0.39, 0.29) is 36.5 Å². The number of piperidine rings is 1. The van der Waals surface area contributed by atoms with Crippen LogP contribution in [0.25, 0.3) is 10.9 Å². The van der Waals surface area contributed by atoms with E-state index in [0.717, 1.165) is 0 Å². The van der Waals surface area contributed by atoms with E-state index in [1.54, 1.807) is 26.8 Å². The van der Waals surface area contributed by atoms with Crippen molar-refractivity contribution in [2.75, 3.05) is 13.1 Å². The average Bonchev–Trinajstić information content (AvgIpc) is 3.07. The van der Waals surface area contributed by atoms with Crippen molar-refractivity contribution < 1.29 is 23.4 Å². The summed E-state index contributed by atoms with van der Waals surface area (Å²) in [6.07, 6.45) is -0.947. The van der Waals surface area contributed by atoms with Gasteiger partial charge in [0.15, 0.2) is 0 Å². The number of benzene rings is 1. The molecule has 9 heteroatoms. The number of alkyl halides is 2. The molecule has 1 aliphatic rings. The fourth-order valence-electron chi connectivity index (χ4n) is 3.47. The highest BCUT2D eigenvalue weighted by atomic mass is 35.5. The van der Waals surface area contributed by atoms with Crippen molar-refractivity contribution in [3.63, 3.8) is 0 Å². The Hall–Kier alpha value is -1.93. The summed E-state index contributed by atoms with van der Waals surface area (Å²) in [6, 6.07) is 2.92. The molecule has 3 rings (SSSR count). The minimum Gasteiger partial charge on any atom is -0.444 e. The molecule has 2 heterocycles. The number of aliphatic hydroxyl groups excluding tert-OH is 1. The number of ether oxygens (including phenoxy) is 1. The van der Waals surface area contributed by atoms with Gasteiger partial charge in [-0.2, -0.15) is 5.10 Å². The maximum Gasteiger partial charge on any atom is 0.410 e. The van der Waals surface area contributed by atoms with Crippen LogP contribution in [0.2, 0.25) is 5.02 Å². The molecule has 6 nitrogen and oxygen atoms in total. The molecule has 0 bridgehead atoms. The zero-order chi connectivity index (χ0) is 20.7. The summed E-state index contributed by atoms with van der Waals surface area (Å²) >= 11 is 6.01. The minimum atomic E-state index is -3.39. The molecular weight excluding hydrogens is 392 g/mol. The number of aromatic nitrogens is 2. The minimum absolute atomic E-state index is 0.0135. The highest BCUT2D eigenvalue weighted by Crippen LogP contribution is 2.44. The summed E-state index contributed by atoms with van der Waals surface area (Å²) in [7, 11) is 0. The third-order valence-corrected chi connectivity index (χ3v) is 5.11. The summed E-state index contributed by atoms with van der Waals surface area (Å²) in [4.78, 5) is 13.5. The molecule has 2 N–H and O–H groups in total. The predicted octanol–water partition coefficient (Wildman–Crippen LogP) is 4.53. The lowest BCUT2D eigenvalue weighted by Gasteiger charge is -2.38. The Morgan fingerprint density at radius 1 is 1.36 bits per heavy atom. The molecule has 1 aromatic heterocycles. The molecule has 1 unspecified atom stereocenters. The summed E-state index contributed by atoms with van der Waals surface area (Å²) in [5, 5.41) is 17.8. The van der Waals surface area contributed by atoms with Gasteiger partial charge in [0.2, 0.25) is 0 Å². The van der Waals surface area contributed by atoms with Crippen molar-refractivity contribution in [2.24, 2.45) is 5.92 Å². The molecular formula is C19H24ClF2N3O3. The topological polar surface area (TPSA) is 78.4 Å². The molecule has 2 aromatic rings. The Morgan fingerprint density at radius 3 is 2.61 bits per heavy atom. The number of rotatable bonds is 3. The van der Waals surface area contributed by atoms with Crippen molar-refractivity contribution in [2.45, 2.75) is 51.2 Å². The Labute approximate surface area is 166 Å². The lowest BCUT2D eigenvalue weighted by molar-refractivity contribution is -0.160. The van der Waals surface area contributed by atoms with Gasteiger partial charge >= 0.3 is 6.09 Å². The summed E-state index contributed by atoms with van der Waals surface area (Å²) < 4.78 is 35.5. The van der Waals surface area contributed by atoms with Gasteiger partial charge in [-0.25, -0.2) is 13.6 Å². The first kappa shape index (κ1) is 20.8. The fourth-order valence-corrected chi connectivity index (χ4v) is 3.70. The van der Waals surface area contributed by atoms with Gasteiger partial charge in [-0.05, 0) is 45.7 Å². The molecule has 1 aliphatic heterocycles. The van der Waals surface area contributed by atoms with Crippen molar-refractivity contribution >= 4 is 28.6 Å². The maximum atomic E-state index is 15.1. The molecule has 1 atom stereocenters. The first-order valence-electron chi connectivity index (χ1n) is 9.15.